The Balaban J connectivity index is 1.96. The van der Waals surface area contributed by atoms with E-state index >= 15 is 0 Å². The molecule has 0 unspecified atom stereocenters. The van der Waals surface area contributed by atoms with Crippen LogP contribution in [0.4, 0.5) is 0 Å². The first-order chi connectivity index (χ1) is 11.3. The Morgan fingerprint density at radius 2 is 1.75 bits per heavy atom. The highest BCUT2D eigenvalue weighted by atomic mass is 16.5. The Hall–Kier alpha value is -2.29. The van der Waals surface area contributed by atoms with E-state index in [2.05, 4.69) is 24.4 Å². The van der Waals surface area contributed by atoms with Crippen LogP contribution in [0.2, 0.25) is 0 Å². The fourth-order valence-corrected chi connectivity index (χ4v) is 2.63. The molecule has 1 atom stereocenters. The molecule has 2 aromatic rings. The molecule has 0 aliphatic rings. The van der Waals surface area contributed by atoms with Gasteiger partial charge in [0.05, 0.1) is 0 Å². The van der Waals surface area contributed by atoms with Crippen molar-refractivity contribution in [1.29, 1.82) is 0 Å². The molecule has 0 saturated carbocycles. The van der Waals surface area contributed by atoms with Crippen LogP contribution in [-0.2, 0) is 11.2 Å². The number of hydrogen-bond donors (Lipinski definition) is 1. The minimum absolute atomic E-state index is 0.103. The molecular formula is C21H27NO2. The van der Waals surface area contributed by atoms with Gasteiger partial charge in [0.1, 0.15) is 5.75 Å². The van der Waals surface area contributed by atoms with Gasteiger partial charge in [0.2, 0.25) is 0 Å². The summed E-state index contributed by atoms with van der Waals surface area (Å²) in [5, 5.41) is 3.09. The molecule has 1 amide bonds. The van der Waals surface area contributed by atoms with E-state index in [0.29, 0.717) is 0 Å². The Bertz CT molecular complexity index is 692. The number of amides is 1. The van der Waals surface area contributed by atoms with E-state index in [0.717, 1.165) is 17.7 Å². The van der Waals surface area contributed by atoms with Crippen molar-refractivity contribution in [2.45, 2.75) is 52.7 Å². The molecule has 0 radical (unpaired) electrons. The van der Waals surface area contributed by atoms with Gasteiger partial charge in [0.15, 0.2) is 6.10 Å². The van der Waals surface area contributed by atoms with Crippen LogP contribution in [0.15, 0.2) is 48.5 Å². The van der Waals surface area contributed by atoms with Gasteiger partial charge in [0, 0.05) is 5.54 Å². The number of ether oxygens (including phenoxy) is 1. The fourth-order valence-electron chi connectivity index (χ4n) is 2.63. The monoisotopic (exact) mass is 325 g/mol. The van der Waals surface area contributed by atoms with E-state index in [1.54, 1.807) is 6.92 Å². The van der Waals surface area contributed by atoms with Gasteiger partial charge in [-0.1, -0.05) is 36.4 Å². The van der Waals surface area contributed by atoms with Gasteiger partial charge < -0.3 is 10.1 Å². The van der Waals surface area contributed by atoms with Gasteiger partial charge in [-0.25, -0.2) is 0 Å². The Kier molecular flexibility index (Phi) is 5.66. The third-order valence-electron chi connectivity index (χ3n) is 4.11. The van der Waals surface area contributed by atoms with Crippen molar-refractivity contribution in [3.8, 4) is 5.75 Å². The van der Waals surface area contributed by atoms with Crippen molar-refractivity contribution < 1.29 is 9.53 Å². The molecule has 24 heavy (non-hydrogen) atoms. The minimum atomic E-state index is -0.540. The predicted octanol–water partition coefficient (Wildman–Crippen LogP) is 4.21. The van der Waals surface area contributed by atoms with Gasteiger partial charge >= 0.3 is 0 Å². The van der Waals surface area contributed by atoms with Crippen LogP contribution in [0, 0.1) is 13.8 Å². The number of nitrogens with one attached hydrogen (secondary N) is 1. The van der Waals surface area contributed by atoms with E-state index < -0.39 is 6.10 Å². The number of carbonyl (C=O) groups is 1. The van der Waals surface area contributed by atoms with E-state index in [1.807, 2.05) is 57.2 Å². The van der Waals surface area contributed by atoms with E-state index in [9.17, 15) is 4.79 Å². The third kappa shape index (κ3) is 5.12. The third-order valence-corrected chi connectivity index (χ3v) is 4.11. The number of benzene rings is 2. The Labute approximate surface area is 145 Å². The average molecular weight is 325 g/mol. The van der Waals surface area contributed by atoms with Gasteiger partial charge in [0.25, 0.3) is 5.91 Å². The van der Waals surface area contributed by atoms with Crippen molar-refractivity contribution in [2.24, 2.45) is 0 Å². The lowest BCUT2D eigenvalue weighted by Gasteiger charge is -2.28. The van der Waals surface area contributed by atoms with E-state index in [4.69, 9.17) is 4.74 Å². The molecule has 128 valence electrons. The first kappa shape index (κ1) is 18.1. The zero-order valence-electron chi connectivity index (χ0n) is 15.2. The second-order valence-corrected chi connectivity index (χ2v) is 7.04. The summed E-state index contributed by atoms with van der Waals surface area (Å²) >= 11 is 0. The molecule has 3 heteroatoms. The van der Waals surface area contributed by atoms with Crippen molar-refractivity contribution in [3.05, 3.63) is 65.2 Å². The summed E-state index contributed by atoms with van der Waals surface area (Å²) in [6, 6.07) is 16.0. The SMILES string of the molecule is Cc1ccc(O[C@H](C)C(=O)NC(C)(C)Cc2ccccc2)cc1C. The van der Waals surface area contributed by atoms with Gasteiger partial charge in [-0.15, -0.1) is 0 Å². The largest absolute Gasteiger partial charge is 0.481 e. The lowest BCUT2D eigenvalue weighted by molar-refractivity contribution is -0.128. The molecule has 2 aromatic carbocycles. The molecule has 0 spiro atoms. The van der Waals surface area contributed by atoms with Gasteiger partial charge in [-0.2, -0.15) is 0 Å². The lowest BCUT2D eigenvalue weighted by Crippen LogP contribution is -2.49. The summed E-state index contributed by atoms with van der Waals surface area (Å²) < 4.78 is 5.80. The van der Waals surface area contributed by atoms with Crippen LogP contribution in [0.25, 0.3) is 0 Å². The molecule has 0 fully saturated rings. The normalized spacial score (nSPS) is 12.5. The number of aryl methyl sites for hydroxylation is 2. The second-order valence-electron chi connectivity index (χ2n) is 7.04. The molecule has 0 aromatic heterocycles. The standard InChI is InChI=1S/C21H27NO2/c1-15-11-12-19(13-16(15)2)24-17(3)20(23)22-21(4,5)14-18-9-7-6-8-10-18/h6-13,17H,14H2,1-5H3,(H,22,23)/t17-/m1/s1. The lowest BCUT2D eigenvalue weighted by atomic mass is 9.94. The first-order valence-corrected chi connectivity index (χ1v) is 8.37. The summed E-state index contributed by atoms with van der Waals surface area (Å²) in [5.74, 6) is 0.621. The van der Waals surface area contributed by atoms with Crippen LogP contribution >= 0.6 is 0 Å². The zero-order chi connectivity index (χ0) is 17.7. The van der Waals surface area contributed by atoms with Crippen LogP contribution in [0.3, 0.4) is 0 Å². The summed E-state index contributed by atoms with van der Waals surface area (Å²) in [5.41, 5.74) is 3.23. The van der Waals surface area contributed by atoms with E-state index in [-0.39, 0.29) is 11.4 Å². The first-order valence-electron chi connectivity index (χ1n) is 8.37. The highest BCUT2D eigenvalue weighted by Gasteiger charge is 2.25. The predicted molar refractivity (Wildman–Crippen MR) is 98.4 cm³/mol. The summed E-state index contributed by atoms with van der Waals surface area (Å²) in [6.07, 6.45) is 0.234. The Morgan fingerprint density at radius 3 is 2.38 bits per heavy atom. The van der Waals surface area contributed by atoms with Crippen molar-refractivity contribution >= 4 is 5.91 Å². The Morgan fingerprint density at radius 1 is 1.08 bits per heavy atom. The molecular weight excluding hydrogens is 298 g/mol. The van der Waals surface area contributed by atoms with Crippen LogP contribution in [0.1, 0.15) is 37.5 Å². The summed E-state index contributed by atoms with van der Waals surface area (Å²) in [6.45, 7) is 9.93. The number of hydrogen-bond acceptors (Lipinski definition) is 2. The molecule has 0 aliphatic carbocycles. The highest BCUT2D eigenvalue weighted by Crippen LogP contribution is 2.18. The van der Waals surface area contributed by atoms with Gasteiger partial charge in [-0.05, 0) is 69.9 Å². The van der Waals surface area contributed by atoms with Crippen LogP contribution in [0.5, 0.6) is 5.75 Å². The number of rotatable bonds is 6. The smallest absolute Gasteiger partial charge is 0.261 e. The van der Waals surface area contributed by atoms with Crippen molar-refractivity contribution in [3.63, 3.8) is 0 Å². The molecule has 0 heterocycles. The molecule has 2 rings (SSSR count). The molecule has 3 nitrogen and oxygen atoms in total. The summed E-state index contributed by atoms with van der Waals surface area (Å²) in [7, 11) is 0. The molecule has 0 aliphatic heterocycles. The molecule has 0 saturated heterocycles. The second kappa shape index (κ2) is 7.52. The fraction of sp³-hybridized carbons (Fsp3) is 0.381. The summed E-state index contributed by atoms with van der Waals surface area (Å²) in [4.78, 5) is 12.5. The number of carbonyl (C=O) groups excluding carboxylic acids is 1. The van der Waals surface area contributed by atoms with Gasteiger partial charge in [-0.3, -0.25) is 4.79 Å². The van der Waals surface area contributed by atoms with Crippen LogP contribution in [-0.4, -0.2) is 17.6 Å². The van der Waals surface area contributed by atoms with E-state index in [1.165, 1.54) is 11.1 Å². The maximum atomic E-state index is 12.5. The van der Waals surface area contributed by atoms with Crippen LogP contribution < -0.4 is 10.1 Å². The minimum Gasteiger partial charge on any atom is -0.481 e. The topological polar surface area (TPSA) is 38.3 Å². The molecule has 1 N–H and O–H groups in total. The zero-order valence-corrected chi connectivity index (χ0v) is 15.2. The maximum Gasteiger partial charge on any atom is 0.261 e. The molecule has 0 bridgehead atoms. The maximum absolute atomic E-state index is 12.5. The quantitative estimate of drug-likeness (QED) is 0.864. The average Bonchev–Trinajstić information content (AvgIpc) is 2.51. The highest BCUT2D eigenvalue weighted by molar-refractivity contribution is 5.81. The van der Waals surface area contributed by atoms with Crippen molar-refractivity contribution in [2.75, 3.05) is 0 Å². The van der Waals surface area contributed by atoms with Crippen molar-refractivity contribution in [1.82, 2.24) is 5.32 Å².